The van der Waals surface area contributed by atoms with Crippen LogP contribution < -0.4 is 11.1 Å². The number of alkyl halides is 3. The molecule has 0 unspecified atom stereocenters. The summed E-state index contributed by atoms with van der Waals surface area (Å²) in [6, 6.07) is 1.20. The average molecular weight is 472 g/mol. The smallest absolute Gasteiger partial charge is 0.417 e. The number of primary amides is 1. The van der Waals surface area contributed by atoms with Crippen molar-refractivity contribution in [1.29, 1.82) is 0 Å². The number of hydrogen-bond donors (Lipinski definition) is 2. The summed E-state index contributed by atoms with van der Waals surface area (Å²) < 4.78 is 70.1. The highest BCUT2D eigenvalue weighted by atomic mass is 35.5. The first-order valence-electron chi connectivity index (χ1n) is 8.45. The number of benzene rings is 1. The summed E-state index contributed by atoms with van der Waals surface area (Å²) in [5.41, 5.74) is 3.48. The highest BCUT2D eigenvalue weighted by Gasteiger charge is 2.37. The summed E-state index contributed by atoms with van der Waals surface area (Å²) in [5, 5.41) is 1.09. The van der Waals surface area contributed by atoms with Gasteiger partial charge in [0.05, 0.1) is 21.4 Å². The van der Waals surface area contributed by atoms with Gasteiger partial charge in [0.25, 0.3) is 5.91 Å². The molecule has 1 aromatic carbocycles. The predicted octanol–water partition coefficient (Wildman–Crippen LogP) is 1.50. The average Bonchev–Trinajstić information content (AvgIpc) is 2.65. The lowest BCUT2D eigenvalue weighted by Gasteiger charge is -2.30. The molecule has 2 rings (SSSR count). The maximum atomic E-state index is 13.0. The summed E-state index contributed by atoms with van der Waals surface area (Å²) in [6.07, 6.45) is -4.75. The Kier molecular flexibility index (Phi) is 7.31. The molecular formula is C16H17ClF3N3O6S. The summed E-state index contributed by atoms with van der Waals surface area (Å²) in [6.45, 7) is -1.01. The summed E-state index contributed by atoms with van der Waals surface area (Å²) in [5.74, 6) is -2.40. The number of halogens is 4. The molecule has 1 heterocycles. The van der Waals surface area contributed by atoms with Crippen molar-refractivity contribution in [2.75, 3.05) is 19.7 Å². The number of urea groups is 1. The molecule has 0 atom stereocenters. The van der Waals surface area contributed by atoms with Gasteiger partial charge in [-0.1, -0.05) is 11.6 Å². The molecule has 1 aliphatic rings. The van der Waals surface area contributed by atoms with E-state index >= 15 is 0 Å². The second-order valence-corrected chi connectivity index (χ2v) is 8.68. The Morgan fingerprint density at radius 2 is 1.83 bits per heavy atom. The van der Waals surface area contributed by atoms with Gasteiger partial charge in [-0.15, -0.1) is 0 Å². The third-order valence-electron chi connectivity index (χ3n) is 4.28. The maximum absolute atomic E-state index is 13.0. The second-order valence-electron chi connectivity index (χ2n) is 6.34. The van der Waals surface area contributed by atoms with E-state index < -0.39 is 62.1 Å². The molecule has 0 bridgehead atoms. The van der Waals surface area contributed by atoms with Crippen molar-refractivity contribution in [2.24, 2.45) is 11.7 Å². The number of ether oxygens (including phenoxy) is 1. The van der Waals surface area contributed by atoms with Gasteiger partial charge < -0.3 is 10.5 Å². The van der Waals surface area contributed by atoms with Crippen LogP contribution in [0.25, 0.3) is 0 Å². The number of carbonyl (C=O) groups is 3. The Morgan fingerprint density at radius 3 is 2.37 bits per heavy atom. The van der Waals surface area contributed by atoms with Gasteiger partial charge in [0.1, 0.15) is 0 Å². The zero-order chi connectivity index (χ0) is 22.7. The van der Waals surface area contributed by atoms with E-state index in [0.29, 0.717) is 6.07 Å². The Bertz CT molecular complexity index is 946. The van der Waals surface area contributed by atoms with Crippen LogP contribution in [-0.4, -0.2) is 50.3 Å². The van der Waals surface area contributed by atoms with E-state index in [4.69, 9.17) is 22.1 Å². The monoisotopic (exact) mass is 471 g/mol. The van der Waals surface area contributed by atoms with Crippen LogP contribution in [0.15, 0.2) is 23.1 Å². The van der Waals surface area contributed by atoms with Crippen molar-refractivity contribution in [3.05, 3.63) is 28.8 Å². The van der Waals surface area contributed by atoms with Gasteiger partial charge in [0.15, 0.2) is 6.61 Å². The molecule has 3 N–H and O–H groups in total. The lowest BCUT2D eigenvalue weighted by Crippen LogP contribution is -2.42. The fraction of sp³-hybridized carbons (Fsp3) is 0.438. The number of piperidine rings is 1. The third-order valence-corrected chi connectivity index (χ3v) is 6.50. The lowest BCUT2D eigenvalue weighted by atomic mass is 9.98. The molecule has 9 nitrogen and oxygen atoms in total. The van der Waals surface area contributed by atoms with Gasteiger partial charge in [-0.3, -0.25) is 14.9 Å². The SMILES string of the molecule is NC(=O)NC(=O)COC(=O)C1CCN(S(=O)(=O)c2ccc(Cl)c(C(F)(F)F)c2)CC1. The molecule has 0 aliphatic carbocycles. The minimum Gasteiger partial charge on any atom is -0.455 e. The fourth-order valence-electron chi connectivity index (χ4n) is 2.79. The number of carbonyl (C=O) groups excluding carboxylic acids is 3. The minimum absolute atomic E-state index is 0.0369. The van der Waals surface area contributed by atoms with E-state index in [0.717, 1.165) is 16.4 Å². The van der Waals surface area contributed by atoms with Gasteiger partial charge in [-0.25, -0.2) is 13.2 Å². The number of nitrogens with two attached hydrogens (primary N) is 1. The number of sulfonamides is 1. The van der Waals surface area contributed by atoms with Gasteiger partial charge in [0.2, 0.25) is 10.0 Å². The van der Waals surface area contributed by atoms with E-state index in [1.54, 1.807) is 5.32 Å². The Labute approximate surface area is 174 Å². The second kappa shape index (κ2) is 9.18. The molecule has 0 spiro atoms. The Morgan fingerprint density at radius 1 is 1.23 bits per heavy atom. The van der Waals surface area contributed by atoms with Crippen LogP contribution in [0.4, 0.5) is 18.0 Å². The van der Waals surface area contributed by atoms with Gasteiger partial charge in [-0.05, 0) is 31.0 Å². The van der Waals surface area contributed by atoms with Crippen molar-refractivity contribution in [2.45, 2.75) is 23.9 Å². The van der Waals surface area contributed by atoms with Crippen molar-refractivity contribution in [3.8, 4) is 0 Å². The van der Waals surface area contributed by atoms with Crippen molar-refractivity contribution < 1.29 is 40.7 Å². The highest BCUT2D eigenvalue weighted by Crippen LogP contribution is 2.36. The third kappa shape index (κ3) is 5.83. The van der Waals surface area contributed by atoms with E-state index in [2.05, 4.69) is 0 Å². The topological polar surface area (TPSA) is 136 Å². The Balaban J connectivity index is 2.01. The number of amides is 3. The molecule has 166 valence electrons. The van der Waals surface area contributed by atoms with Crippen LogP contribution in [0.2, 0.25) is 5.02 Å². The van der Waals surface area contributed by atoms with Crippen molar-refractivity contribution >= 4 is 39.5 Å². The van der Waals surface area contributed by atoms with E-state index in [1.807, 2.05) is 0 Å². The van der Waals surface area contributed by atoms with Crippen molar-refractivity contribution in [3.63, 3.8) is 0 Å². The minimum atomic E-state index is -4.82. The largest absolute Gasteiger partial charge is 0.455 e. The molecule has 3 amide bonds. The number of hydrogen-bond acceptors (Lipinski definition) is 6. The maximum Gasteiger partial charge on any atom is 0.417 e. The quantitative estimate of drug-likeness (QED) is 0.624. The standard InChI is InChI=1S/C16H17ClF3N3O6S/c17-12-2-1-10(7-11(12)16(18,19)20)30(27,28)23-5-3-9(4-6-23)14(25)29-8-13(24)22-15(21)26/h1-2,7,9H,3-6,8H2,(H3,21,22,24,26). The van der Waals surface area contributed by atoms with Crippen LogP contribution in [0.1, 0.15) is 18.4 Å². The molecule has 14 heteroatoms. The fourth-order valence-corrected chi connectivity index (χ4v) is 4.51. The molecule has 0 aromatic heterocycles. The molecular weight excluding hydrogens is 455 g/mol. The highest BCUT2D eigenvalue weighted by molar-refractivity contribution is 7.89. The molecule has 1 fully saturated rings. The number of imide groups is 1. The first-order chi connectivity index (χ1) is 13.8. The van der Waals surface area contributed by atoms with Gasteiger partial charge in [0, 0.05) is 13.1 Å². The molecule has 1 aliphatic heterocycles. The van der Waals surface area contributed by atoms with E-state index in [1.165, 1.54) is 0 Å². The molecule has 0 saturated carbocycles. The Hall–Kier alpha value is -2.38. The first kappa shape index (κ1) is 23.9. The lowest BCUT2D eigenvalue weighted by molar-refractivity contribution is -0.153. The van der Waals surface area contributed by atoms with E-state index in [-0.39, 0.29) is 25.9 Å². The molecule has 0 radical (unpaired) electrons. The zero-order valence-corrected chi connectivity index (χ0v) is 16.8. The van der Waals surface area contributed by atoms with Gasteiger partial charge in [-0.2, -0.15) is 17.5 Å². The molecule has 30 heavy (non-hydrogen) atoms. The van der Waals surface area contributed by atoms with Crippen molar-refractivity contribution in [1.82, 2.24) is 9.62 Å². The van der Waals surface area contributed by atoms with E-state index in [9.17, 15) is 36.0 Å². The number of nitrogens with one attached hydrogen (secondary N) is 1. The zero-order valence-electron chi connectivity index (χ0n) is 15.2. The molecule has 1 aromatic rings. The number of esters is 1. The van der Waals surface area contributed by atoms with Gasteiger partial charge >= 0.3 is 18.2 Å². The normalized spacial score (nSPS) is 16.1. The number of nitrogens with zero attached hydrogens (tertiary/aromatic N) is 1. The molecule has 1 saturated heterocycles. The van der Waals surface area contributed by atoms with Crippen LogP contribution in [0.3, 0.4) is 0 Å². The predicted molar refractivity (Wildman–Crippen MR) is 96.6 cm³/mol. The number of rotatable bonds is 5. The summed E-state index contributed by atoms with van der Waals surface area (Å²) in [7, 11) is -4.24. The summed E-state index contributed by atoms with van der Waals surface area (Å²) in [4.78, 5) is 33.2. The van der Waals surface area contributed by atoms with Crippen LogP contribution >= 0.6 is 11.6 Å². The summed E-state index contributed by atoms with van der Waals surface area (Å²) >= 11 is 5.52. The van der Waals surface area contributed by atoms with Crippen LogP contribution in [-0.2, 0) is 30.5 Å². The van der Waals surface area contributed by atoms with Crippen LogP contribution in [0.5, 0.6) is 0 Å². The van der Waals surface area contributed by atoms with Crippen LogP contribution in [0, 0.1) is 5.92 Å². The first-order valence-corrected chi connectivity index (χ1v) is 10.3.